The molecule has 2 nitrogen and oxygen atoms in total. The monoisotopic (exact) mass is 246 g/mol. The minimum atomic E-state index is 0.173. The molecular weight excluding hydrogens is 220 g/mol. The Morgan fingerprint density at radius 3 is 2.17 bits per heavy atom. The van der Waals surface area contributed by atoms with E-state index in [2.05, 4.69) is 18.0 Å². The van der Waals surface area contributed by atoms with Gasteiger partial charge in [-0.05, 0) is 75.7 Å². The lowest BCUT2D eigenvalue weighted by Gasteiger charge is -2.55. The van der Waals surface area contributed by atoms with Crippen molar-refractivity contribution in [2.24, 2.45) is 35.5 Å². The molecule has 4 aliphatic rings. The van der Waals surface area contributed by atoms with E-state index in [0.29, 0.717) is 0 Å². The summed E-state index contributed by atoms with van der Waals surface area (Å²) >= 11 is 0. The molecule has 0 aromatic carbocycles. The number of hydrogen-bond acceptors (Lipinski definition) is 2. The molecule has 0 aromatic heterocycles. The molecule has 4 fully saturated rings. The van der Waals surface area contributed by atoms with Crippen LogP contribution in [-0.4, -0.2) is 25.0 Å². The predicted octanol–water partition coefficient (Wildman–Crippen LogP) is 3.15. The highest BCUT2D eigenvalue weighted by molar-refractivity contribution is 4.98. The second-order valence-corrected chi connectivity index (χ2v) is 7.35. The van der Waals surface area contributed by atoms with Crippen LogP contribution in [-0.2, 0) is 0 Å². The molecule has 0 radical (unpaired) electrons. The first-order valence-corrected chi connectivity index (χ1v) is 7.73. The number of nitriles is 1. The van der Waals surface area contributed by atoms with Gasteiger partial charge in [0.1, 0.15) is 0 Å². The van der Waals surface area contributed by atoms with Crippen LogP contribution in [0, 0.1) is 46.8 Å². The van der Waals surface area contributed by atoms with Crippen molar-refractivity contribution in [1.82, 2.24) is 4.90 Å². The maximum absolute atomic E-state index is 8.91. The van der Waals surface area contributed by atoms with E-state index in [1.54, 1.807) is 6.42 Å². The molecule has 2 heteroatoms. The Morgan fingerprint density at radius 2 is 1.67 bits per heavy atom. The molecule has 0 amide bonds. The van der Waals surface area contributed by atoms with Crippen molar-refractivity contribution < 1.29 is 0 Å². The highest BCUT2D eigenvalue weighted by Gasteiger charge is 2.48. The fraction of sp³-hybridized carbons (Fsp3) is 0.938. The zero-order valence-corrected chi connectivity index (χ0v) is 11.8. The van der Waals surface area contributed by atoms with Crippen LogP contribution in [0.5, 0.6) is 0 Å². The van der Waals surface area contributed by atoms with Gasteiger partial charge in [-0.3, -0.25) is 0 Å². The lowest BCUT2D eigenvalue weighted by molar-refractivity contribution is -0.0471. The van der Waals surface area contributed by atoms with Gasteiger partial charge < -0.3 is 4.90 Å². The average Bonchev–Trinajstić information content (AvgIpc) is 2.32. The van der Waals surface area contributed by atoms with E-state index in [1.807, 2.05) is 6.92 Å². The fourth-order valence-corrected chi connectivity index (χ4v) is 5.28. The Kier molecular flexibility index (Phi) is 3.36. The molecule has 4 rings (SSSR count). The topological polar surface area (TPSA) is 27.0 Å². The zero-order chi connectivity index (χ0) is 12.7. The maximum atomic E-state index is 8.91. The quantitative estimate of drug-likeness (QED) is 0.762. The third kappa shape index (κ3) is 2.30. The summed E-state index contributed by atoms with van der Waals surface area (Å²) < 4.78 is 0. The molecule has 4 bridgehead atoms. The standard InChI is InChI=1S/C16H26N2/c1-11(8-17)9-18(2)10-16-14-4-12-3-13(6-14)7-15(16)5-12/h11-16H,3-7,9-10H2,1-2H3. The van der Waals surface area contributed by atoms with Crippen LogP contribution in [0.15, 0.2) is 0 Å². The van der Waals surface area contributed by atoms with Crippen molar-refractivity contribution in [2.45, 2.75) is 39.0 Å². The minimum Gasteiger partial charge on any atom is -0.305 e. The van der Waals surface area contributed by atoms with Crippen molar-refractivity contribution in [3.05, 3.63) is 0 Å². The second kappa shape index (κ2) is 4.85. The SMILES string of the molecule is CC(C#N)CN(C)CC1C2CC3CC(C2)CC1C3. The maximum Gasteiger partial charge on any atom is 0.0666 e. The normalized spacial score (nSPS) is 43.1. The molecule has 18 heavy (non-hydrogen) atoms. The first kappa shape index (κ1) is 12.5. The molecule has 0 saturated heterocycles. The summed E-state index contributed by atoms with van der Waals surface area (Å²) in [7, 11) is 2.21. The smallest absolute Gasteiger partial charge is 0.0666 e. The van der Waals surface area contributed by atoms with Crippen molar-refractivity contribution >= 4 is 0 Å². The Bertz CT molecular complexity index is 315. The summed E-state index contributed by atoms with van der Waals surface area (Å²) in [5, 5.41) is 8.91. The van der Waals surface area contributed by atoms with Crippen molar-refractivity contribution in [1.29, 1.82) is 5.26 Å². The first-order chi connectivity index (χ1) is 8.65. The van der Waals surface area contributed by atoms with Gasteiger partial charge in [-0.15, -0.1) is 0 Å². The van der Waals surface area contributed by atoms with Gasteiger partial charge in [0.25, 0.3) is 0 Å². The lowest BCUT2D eigenvalue weighted by Crippen LogP contribution is -2.48. The van der Waals surface area contributed by atoms with Gasteiger partial charge >= 0.3 is 0 Å². The van der Waals surface area contributed by atoms with E-state index in [0.717, 1.165) is 36.1 Å². The molecule has 4 saturated carbocycles. The lowest BCUT2D eigenvalue weighted by atomic mass is 9.52. The van der Waals surface area contributed by atoms with Crippen molar-refractivity contribution in [3.8, 4) is 6.07 Å². The second-order valence-electron chi connectivity index (χ2n) is 7.35. The van der Waals surface area contributed by atoms with E-state index in [-0.39, 0.29) is 5.92 Å². The molecule has 0 heterocycles. The van der Waals surface area contributed by atoms with Gasteiger partial charge in [0, 0.05) is 13.1 Å². The summed E-state index contributed by atoms with van der Waals surface area (Å²) in [5.41, 5.74) is 0. The van der Waals surface area contributed by atoms with Crippen LogP contribution in [0.25, 0.3) is 0 Å². The van der Waals surface area contributed by atoms with Crippen LogP contribution < -0.4 is 0 Å². The molecule has 0 aromatic rings. The highest BCUT2D eigenvalue weighted by atomic mass is 15.1. The van der Waals surface area contributed by atoms with Crippen molar-refractivity contribution in [3.63, 3.8) is 0 Å². The zero-order valence-electron chi connectivity index (χ0n) is 11.8. The minimum absolute atomic E-state index is 0.173. The number of nitrogens with zero attached hydrogens (tertiary/aromatic N) is 2. The van der Waals surface area contributed by atoms with E-state index in [4.69, 9.17) is 5.26 Å². The largest absolute Gasteiger partial charge is 0.305 e. The van der Waals surface area contributed by atoms with Gasteiger partial charge in [-0.2, -0.15) is 5.26 Å². The van der Waals surface area contributed by atoms with Gasteiger partial charge in [-0.25, -0.2) is 0 Å². The number of rotatable bonds is 4. The summed E-state index contributed by atoms with van der Waals surface area (Å²) in [6.07, 6.45) is 7.60. The Morgan fingerprint density at radius 1 is 1.11 bits per heavy atom. The Hall–Kier alpha value is -0.550. The molecule has 4 aliphatic carbocycles. The Balaban J connectivity index is 1.58. The first-order valence-electron chi connectivity index (χ1n) is 7.73. The van der Waals surface area contributed by atoms with Crippen LogP contribution in [0.2, 0.25) is 0 Å². The van der Waals surface area contributed by atoms with Gasteiger partial charge in [0.15, 0.2) is 0 Å². The van der Waals surface area contributed by atoms with Crippen LogP contribution in [0.3, 0.4) is 0 Å². The Labute approximate surface area is 111 Å². The third-order valence-corrected chi connectivity index (χ3v) is 5.75. The van der Waals surface area contributed by atoms with E-state index in [1.165, 1.54) is 32.2 Å². The highest BCUT2D eigenvalue weighted by Crippen LogP contribution is 2.56. The van der Waals surface area contributed by atoms with Gasteiger partial charge in [0.05, 0.1) is 12.0 Å². The molecule has 100 valence electrons. The van der Waals surface area contributed by atoms with Gasteiger partial charge in [-0.1, -0.05) is 0 Å². The molecular formula is C16H26N2. The molecule has 0 spiro atoms. The summed E-state index contributed by atoms with van der Waals surface area (Å²) in [6, 6.07) is 2.36. The molecule has 1 unspecified atom stereocenters. The summed E-state index contributed by atoms with van der Waals surface area (Å²) in [4.78, 5) is 2.42. The van der Waals surface area contributed by atoms with E-state index < -0.39 is 0 Å². The summed E-state index contributed by atoms with van der Waals surface area (Å²) in [5.74, 6) is 5.29. The summed E-state index contributed by atoms with van der Waals surface area (Å²) in [6.45, 7) is 4.22. The van der Waals surface area contributed by atoms with Crippen molar-refractivity contribution in [2.75, 3.05) is 20.1 Å². The average molecular weight is 246 g/mol. The predicted molar refractivity (Wildman–Crippen MR) is 72.8 cm³/mol. The third-order valence-electron chi connectivity index (χ3n) is 5.75. The van der Waals surface area contributed by atoms with Gasteiger partial charge in [0.2, 0.25) is 0 Å². The number of hydrogen-bond donors (Lipinski definition) is 0. The van der Waals surface area contributed by atoms with Crippen LogP contribution in [0.1, 0.15) is 39.0 Å². The van der Waals surface area contributed by atoms with Crippen LogP contribution >= 0.6 is 0 Å². The van der Waals surface area contributed by atoms with Crippen LogP contribution in [0.4, 0.5) is 0 Å². The van der Waals surface area contributed by atoms with E-state index >= 15 is 0 Å². The fourth-order valence-electron chi connectivity index (χ4n) is 5.28. The molecule has 0 N–H and O–H groups in total. The molecule has 1 atom stereocenters. The van der Waals surface area contributed by atoms with E-state index in [9.17, 15) is 0 Å². The molecule has 0 aliphatic heterocycles.